The van der Waals surface area contributed by atoms with Crippen molar-refractivity contribution in [3.05, 3.63) is 58.3 Å². The van der Waals surface area contributed by atoms with Crippen LogP contribution in [0.4, 0.5) is 19.0 Å². The molecule has 0 radical (unpaired) electrons. The predicted molar refractivity (Wildman–Crippen MR) is 143 cm³/mol. The van der Waals surface area contributed by atoms with E-state index in [1.165, 1.54) is 12.1 Å². The molecule has 0 aliphatic carbocycles. The zero-order chi connectivity index (χ0) is 27.9. The third-order valence-electron chi connectivity index (χ3n) is 7.22. The number of fused-ring (bicyclic) bond motifs is 3. The fourth-order valence-corrected chi connectivity index (χ4v) is 5.77. The first-order chi connectivity index (χ1) is 18.4. The SMILES string of the molecule is C[Si](C)(C)CCOCn1c(C(=O)N2CCOC[C@@H]2c2ccc(C(F)(F)F)cc2)cc2nc(N)c3c(c21)COC3. The van der Waals surface area contributed by atoms with Gasteiger partial charge in [-0.05, 0) is 29.8 Å². The van der Waals surface area contributed by atoms with Gasteiger partial charge in [-0.25, -0.2) is 4.98 Å². The van der Waals surface area contributed by atoms with Crippen LogP contribution >= 0.6 is 0 Å². The molecule has 0 saturated carbocycles. The summed E-state index contributed by atoms with van der Waals surface area (Å²) >= 11 is 0. The molecular weight excluding hydrogens is 529 g/mol. The first-order valence-electron chi connectivity index (χ1n) is 13.0. The third-order valence-corrected chi connectivity index (χ3v) is 8.92. The van der Waals surface area contributed by atoms with Crippen molar-refractivity contribution in [2.45, 2.75) is 57.8 Å². The molecule has 8 nitrogen and oxygen atoms in total. The van der Waals surface area contributed by atoms with Crippen LogP contribution in [0.2, 0.25) is 25.7 Å². The van der Waals surface area contributed by atoms with E-state index < -0.39 is 25.9 Å². The molecular formula is C27H33F3N4O4Si. The van der Waals surface area contributed by atoms with Gasteiger partial charge >= 0.3 is 6.18 Å². The van der Waals surface area contributed by atoms with Crippen molar-refractivity contribution in [2.24, 2.45) is 0 Å². The van der Waals surface area contributed by atoms with Gasteiger partial charge in [0.2, 0.25) is 0 Å². The van der Waals surface area contributed by atoms with Crippen molar-refractivity contribution in [1.82, 2.24) is 14.5 Å². The Labute approximate surface area is 225 Å². The van der Waals surface area contributed by atoms with Gasteiger partial charge in [0.25, 0.3) is 5.91 Å². The molecule has 4 heterocycles. The van der Waals surface area contributed by atoms with Crippen LogP contribution in [-0.2, 0) is 40.3 Å². The monoisotopic (exact) mass is 562 g/mol. The zero-order valence-electron chi connectivity index (χ0n) is 22.3. The van der Waals surface area contributed by atoms with E-state index >= 15 is 0 Å². The summed E-state index contributed by atoms with van der Waals surface area (Å²) in [5, 5.41) is 0. The maximum absolute atomic E-state index is 14.1. The molecule has 2 aliphatic heterocycles. The summed E-state index contributed by atoms with van der Waals surface area (Å²) in [6, 6.07) is 7.03. The number of amides is 1. The fourth-order valence-electron chi connectivity index (χ4n) is 5.01. The van der Waals surface area contributed by atoms with Crippen molar-refractivity contribution in [3.63, 3.8) is 0 Å². The van der Waals surface area contributed by atoms with Crippen molar-refractivity contribution < 1.29 is 32.2 Å². The maximum atomic E-state index is 14.1. The Balaban J connectivity index is 1.51. The number of anilines is 1. The molecule has 2 N–H and O–H groups in total. The van der Waals surface area contributed by atoms with E-state index in [0.717, 1.165) is 34.8 Å². The number of pyridine rings is 1. The number of hydrogen-bond acceptors (Lipinski definition) is 6. The normalized spacial score (nSPS) is 18.1. The summed E-state index contributed by atoms with van der Waals surface area (Å²) in [6.07, 6.45) is -4.44. The van der Waals surface area contributed by atoms with Gasteiger partial charge in [0.15, 0.2) is 0 Å². The predicted octanol–water partition coefficient (Wildman–Crippen LogP) is 5.19. The van der Waals surface area contributed by atoms with Crippen molar-refractivity contribution in [2.75, 3.05) is 32.1 Å². The number of benzene rings is 1. The second-order valence-corrected chi connectivity index (χ2v) is 16.8. The third kappa shape index (κ3) is 5.69. The quantitative estimate of drug-likeness (QED) is 0.315. The maximum Gasteiger partial charge on any atom is 0.416 e. The summed E-state index contributed by atoms with van der Waals surface area (Å²) in [5.41, 5.74) is 9.46. The van der Waals surface area contributed by atoms with Gasteiger partial charge < -0.3 is 29.4 Å². The summed E-state index contributed by atoms with van der Waals surface area (Å²) in [6.45, 7) is 9.04. The number of nitrogen functional groups attached to an aromatic ring is 1. The lowest BCUT2D eigenvalue weighted by Gasteiger charge is -2.36. The lowest BCUT2D eigenvalue weighted by atomic mass is 10.0. The van der Waals surface area contributed by atoms with E-state index in [1.807, 2.05) is 4.57 Å². The summed E-state index contributed by atoms with van der Waals surface area (Å²) in [7, 11) is -1.32. The van der Waals surface area contributed by atoms with Crippen LogP contribution in [0.25, 0.3) is 11.0 Å². The molecule has 210 valence electrons. The van der Waals surface area contributed by atoms with Crippen LogP contribution in [0, 0.1) is 0 Å². The zero-order valence-corrected chi connectivity index (χ0v) is 23.3. The van der Waals surface area contributed by atoms with E-state index in [2.05, 4.69) is 24.6 Å². The lowest BCUT2D eigenvalue weighted by molar-refractivity contribution is -0.137. The highest BCUT2D eigenvalue weighted by atomic mass is 28.3. The highest BCUT2D eigenvalue weighted by Crippen LogP contribution is 2.35. The van der Waals surface area contributed by atoms with Crippen LogP contribution in [0.3, 0.4) is 0 Å². The Kier molecular flexibility index (Phi) is 7.48. The van der Waals surface area contributed by atoms with Gasteiger partial charge in [-0.2, -0.15) is 13.2 Å². The fraction of sp³-hybridized carbons (Fsp3) is 0.481. The number of ether oxygens (including phenoxy) is 3. The topological polar surface area (TPSA) is 91.8 Å². The number of morpholine rings is 1. The van der Waals surface area contributed by atoms with Crippen LogP contribution in [0.15, 0.2) is 30.3 Å². The molecule has 1 fully saturated rings. The number of carbonyl (C=O) groups excluding carboxylic acids is 1. The van der Waals surface area contributed by atoms with Crippen LogP contribution in [0.5, 0.6) is 0 Å². The smallest absolute Gasteiger partial charge is 0.383 e. The van der Waals surface area contributed by atoms with E-state index in [0.29, 0.717) is 55.6 Å². The van der Waals surface area contributed by atoms with Crippen molar-refractivity contribution >= 4 is 30.8 Å². The van der Waals surface area contributed by atoms with E-state index in [4.69, 9.17) is 19.9 Å². The minimum atomic E-state index is -4.44. The minimum absolute atomic E-state index is 0.155. The highest BCUT2D eigenvalue weighted by molar-refractivity contribution is 6.76. The Morgan fingerprint density at radius 1 is 1.15 bits per heavy atom. The van der Waals surface area contributed by atoms with E-state index in [1.54, 1.807) is 11.0 Å². The van der Waals surface area contributed by atoms with Crippen LogP contribution < -0.4 is 5.73 Å². The first-order valence-corrected chi connectivity index (χ1v) is 16.7. The van der Waals surface area contributed by atoms with E-state index in [9.17, 15) is 18.0 Å². The van der Waals surface area contributed by atoms with Crippen molar-refractivity contribution in [3.8, 4) is 0 Å². The van der Waals surface area contributed by atoms with E-state index in [-0.39, 0.29) is 19.2 Å². The average Bonchev–Trinajstić information content (AvgIpc) is 3.50. The molecule has 2 aromatic heterocycles. The number of carbonyl (C=O) groups is 1. The number of aromatic nitrogens is 2. The number of nitrogens with zero attached hydrogens (tertiary/aromatic N) is 3. The van der Waals surface area contributed by atoms with Gasteiger partial charge in [-0.15, -0.1) is 0 Å². The molecule has 0 spiro atoms. The molecule has 0 unspecified atom stereocenters. The summed E-state index contributed by atoms with van der Waals surface area (Å²) < 4.78 is 58.6. The van der Waals surface area contributed by atoms with Crippen LogP contribution in [-0.4, -0.2) is 54.8 Å². The Hall–Kier alpha value is -2.93. The van der Waals surface area contributed by atoms with Crippen LogP contribution in [0.1, 0.15) is 38.8 Å². The molecule has 0 bridgehead atoms. The number of hydrogen-bond donors (Lipinski definition) is 1. The second kappa shape index (κ2) is 10.6. The second-order valence-electron chi connectivity index (χ2n) is 11.2. The molecule has 1 atom stereocenters. The average molecular weight is 563 g/mol. The van der Waals surface area contributed by atoms with Gasteiger partial charge in [0, 0.05) is 32.4 Å². The lowest BCUT2D eigenvalue weighted by Crippen LogP contribution is -2.44. The number of nitrogens with two attached hydrogens (primary N) is 1. The number of halogens is 3. The Morgan fingerprint density at radius 3 is 2.56 bits per heavy atom. The standard InChI is InChI=1S/C27H33F3N4O4Si/c1-39(2,3)11-10-37-16-34-22(12-21-24(34)19-13-38-14-20(19)25(31)32-21)26(35)33-8-9-36-15-23(33)17-4-6-18(7-5-17)27(28,29)30/h4-7,12,23H,8-11,13-16H2,1-3H3,(H2,31,32)/t23-/m1/s1. The van der Waals surface area contributed by atoms with Gasteiger partial charge in [-0.3, -0.25) is 4.79 Å². The molecule has 2 aliphatic rings. The number of alkyl halides is 3. The van der Waals surface area contributed by atoms with Gasteiger partial charge in [-0.1, -0.05) is 31.8 Å². The molecule has 5 rings (SSSR count). The largest absolute Gasteiger partial charge is 0.416 e. The Bertz CT molecular complexity index is 1370. The molecule has 39 heavy (non-hydrogen) atoms. The summed E-state index contributed by atoms with van der Waals surface area (Å²) in [5.74, 6) is 0.0982. The molecule has 1 saturated heterocycles. The van der Waals surface area contributed by atoms with Crippen molar-refractivity contribution in [1.29, 1.82) is 0 Å². The van der Waals surface area contributed by atoms with Gasteiger partial charge in [0.1, 0.15) is 18.2 Å². The minimum Gasteiger partial charge on any atom is -0.383 e. The molecule has 1 amide bonds. The molecule has 12 heteroatoms. The molecule has 1 aromatic carbocycles. The molecule has 3 aromatic rings. The first kappa shape index (κ1) is 27.6. The van der Waals surface area contributed by atoms with Gasteiger partial charge in [0.05, 0.1) is 49.1 Å². The number of rotatable bonds is 7. The highest BCUT2D eigenvalue weighted by Gasteiger charge is 2.35. The Morgan fingerprint density at radius 2 is 1.87 bits per heavy atom. The summed E-state index contributed by atoms with van der Waals surface area (Å²) in [4.78, 5) is 20.3.